The number of amides is 1. The molecule has 0 unspecified atom stereocenters. The molecule has 1 saturated carbocycles. The van der Waals surface area contributed by atoms with E-state index in [1.165, 1.54) is 30.1 Å². The fourth-order valence-electron chi connectivity index (χ4n) is 2.43. The van der Waals surface area contributed by atoms with Gasteiger partial charge in [-0.3, -0.25) is 9.48 Å². The predicted octanol–water partition coefficient (Wildman–Crippen LogP) is 2.38. The van der Waals surface area contributed by atoms with Crippen molar-refractivity contribution in [3.8, 4) is 0 Å². The lowest BCUT2D eigenvalue weighted by Crippen LogP contribution is -2.41. The summed E-state index contributed by atoms with van der Waals surface area (Å²) in [5, 5.41) is 7.45. The highest BCUT2D eigenvalue weighted by Gasteiger charge is 2.25. The van der Waals surface area contributed by atoms with E-state index in [4.69, 9.17) is 11.6 Å². The number of hydrogen-bond acceptors (Lipinski definition) is 2. The fourth-order valence-corrected chi connectivity index (χ4v) is 2.69. The van der Waals surface area contributed by atoms with Crippen molar-refractivity contribution in [2.45, 2.75) is 38.6 Å². The van der Waals surface area contributed by atoms with Crippen LogP contribution < -0.4 is 5.32 Å². The number of carbonyl (C=O) groups is 1. The molecule has 1 amide bonds. The maximum absolute atomic E-state index is 12.1. The first-order valence-electron chi connectivity index (χ1n) is 6.08. The van der Waals surface area contributed by atoms with Gasteiger partial charge in [-0.05, 0) is 18.8 Å². The molecule has 1 aliphatic carbocycles. The van der Waals surface area contributed by atoms with Crippen LogP contribution in [0.4, 0.5) is 0 Å². The Morgan fingerprint density at radius 1 is 1.53 bits per heavy atom. The average molecular weight is 256 g/mol. The molecule has 0 aliphatic heterocycles. The maximum atomic E-state index is 12.1. The lowest BCUT2D eigenvalue weighted by molar-refractivity contribution is 0.0901. The van der Waals surface area contributed by atoms with E-state index in [1.54, 1.807) is 7.05 Å². The molecule has 1 heterocycles. The number of rotatable bonds is 2. The van der Waals surface area contributed by atoms with Crippen LogP contribution in [0.15, 0.2) is 6.20 Å². The molecule has 17 heavy (non-hydrogen) atoms. The summed E-state index contributed by atoms with van der Waals surface area (Å²) >= 11 is 5.95. The Morgan fingerprint density at radius 2 is 2.24 bits per heavy atom. The van der Waals surface area contributed by atoms with Crippen molar-refractivity contribution in [2.75, 3.05) is 0 Å². The van der Waals surface area contributed by atoms with Gasteiger partial charge in [0.05, 0.1) is 11.2 Å². The molecule has 1 N–H and O–H groups in total. The van der Waals surface area contributed by atoms with Crippen molar-refractivity contribution in [1.29, 1.82) is 0 Å². The molecule has 2 atom stereocenters. The summed E-state index contributed by atoms with van der Waals surface area (Å²) in [5.74, 6) is 0.424. The summed E-state index contributed by atoms with van der Waals surface area (Å²) in [6.07, 6.45) is 6.20. The van der Waals surface area contributed by atoms with Crippen molar-refractivity contribution in [2.24, 2.45) is 13.0 Å². The van der Waals surface area contributed by atoms with E-state index in [0.717, 1.165) is 6.42 Å². The molecular formula is C12H18ClN3O. The van der Waals surface area contributed by atoms with E-state index in [9.17, 15) is 4.79 Å². The minimum atomic E-state index is -0.117. The van der Waals surface area contributed by atoms with Gasteiger partial charge in [-0.1, -0.05) is 31.4 Å². The van der Waals surface area contributed by atoms with Gasteiger partial charge < -0.3 is 5.32 Å². The molecule has 2 rings (SSSR count). The van der Waals surface area contributed by atoms with E-state index < -0.39 is 0 Å². The Kier molecular flexibility index (Phi) is 3.72. The van der Waals surface area contributed by atoms with Gasteiger partial charge in [0.25, 0.3) is 5.91 Å². The van der Waals surface area contributed by atoms with E-state index in [0.29, 0.717) is 16.6 Å². The zero-order valence-electron chi connectivity index (χ0n) is 10.2. The van der Waals surface area contributed by atoms with Crippen LogP contribution in [0.25, 0.3) is 0 Å². The Balaban J connectivity index is 2.06. The zero-order chi connectivity index (χ0) is 12.4. The zero-order valence-corrected chi connectivity index (χ0v) is 11.0. The van der Waals surface area contributed by atoms with Crippen molar-refractivity contribution in [3.63, 3.8) is 0 Å². The van der Waals surface area contributed by atoms with E-state index in [-0.39, 0.29) is 11.9 Å². The monoisotopic (exact) mass is 255 g/mol. The summed E-state index contributed by atoms with van der Waals surface area (Å²) in [4.78, 5) is 12.1. The van der Waals surface area contributed by atoms with Crippen LogP contribution in [-0.4, -0.2) is 21.7 Å². The molecule has 1 aromatic rings. The van der Waals surface area contributed by atoms with Crippen LogP contribution in [0.5, 0.6) is 0 Å². The molecule has 94 valence electrons. The topological polar surface area (TPSA) is 46.9 Å². The quantitative estimate of drug-likeness (QED) is 0.882. The van der Waals surface area contributed by atoms with Crippen LogP contribution in [-0.2, 0) is 7.05 Å². The third-order valence-corrected chi connectivity index (χ3v) is 3.81. The lowest BCUT2D eigenvalue weighted by atomic mass is 9.86. The summed E-state index contributed by atoms with van der Waals surface area (Å²) in [6, 6.07) is 0.266. The Labute approximate surface area is 106 Å². The molecule has 4 nitrogen and oxygen atoms in total. The highest BCUT2D eigenvalue weighted by molar-refractivity contribution is 6.33. The summed E-state index contributed by atoms with van der Waals surface area (Å²) in [5.41, 5.74) is 0.449. The molecule has 0 bridgehead atoms. The first kappa shape index (κ1) is 12.4. The first-order valence-corrected chi connectivity index (χ1v) is 6.45. The maximum Gasteiger partial charge on any atom is 0.271 e. The number of aryl methyl sites for hydroxylation is 1. The normalized spacial score (nSPS) is 24.6. The highest BCUT2D eigenvalue weighted by atomic mass is 35.5. The number of aromatic nitrogens is 2. The Morgan fingerprint density at radius 3 is 2.82 bits per heavy atom. The molecule has 0 saturated heterocycles. The third kappa shape index (κ3) is 2.63. The minimum Gasteiger partial charge on any atom is -0.348 e. The summed E-state index contributed by atoms with van der Waals surface area (Å²) in [7, 11) is 1.73. The number of nitrogens with one attached hydrogen (secondary N) is 1. The number of hydrogen-bond donors (Lipinski definition) is 1. The van der Waals surface area contributed by atoms with Crippen molar-refractivity contribution < 1.29 is 4.79 Å². The summed E-state index contributed by atoms with van der Waals surface area (Å²) in [6.45, 7) is 2.19. The van der Waals surface area contributed by atoms with Crippen LogP contribution in [0.3, 0.4) is 0 Å². The van der Waals surface area contributed by atoms with E-state index in [2.05, 4.69) is 17.3 Å². The second kappa shape index (κ2) is 5.08. The van der Waals surface area contributed by atoms with Gasteiger partial charge in [-0.25, -0.2) is 0 Å². The van der Waals surface area contributed by atoms with E-state index >= 15 is 0 Å². The number of carbonyl (C=O) groups excluding carboxylic acids is 1. The first-order chi connectivity index (χ1) is 8.09. The molecular weight excluding hydrogens is 238 g/mol. The fraction of sp³-hybridized carbons (Fsp3) is 0.667. The van der Waals surface area contributed by atoms with Crippen molar-refractivity contribution in [3.05, 3.63) is 16.9 Å². The number of halogens is 1. The lowest BCUT2D eigenvalue weighted by Gasteiger charge is -2.29. The predicted molar refractivity (Wildman–Crippen MR) is 67.1 cm³/mol. The minimum absolute atomic E-state index is 0.117. The summed E-state index contributed by atoms with van der Waals surface area (Å²) < 4.78 is 1.52. The van der Waals surface area contributed by atoms with Gasteiger partial charge in [-0.15, -0.1) is 0 Å². The largest absolute Gasteiger partial charge is 0.348 e. The Hall–Kier alpha value is -1.03. The van der Waals surface area contributed by atoms with Gasteiger partial charge in [0.1, 0.15) is 5.69 Å². The molecule has 1 aliphatic rings. The molecule has 5 heteroatoms. The van der Waals surface area contributed by atoms with Crippen LogP contribution in [0.2, 0.25) is 5.02 Å². The van der Waals surface area contributed by atoms with Gasteiger partial charge in [0.15, 0.2) is 0 Å². The van der Waals surface area contributed by atoms with E-state index in [1.807, 2.05) is 0 Å². The Bertz CT molecular complexity index is 396. The SMILES string of the molecule is C[C@@H]1CCCC[C@@H]1NC(=O)c1c(Cl)cnn1C. The van der Waals surface area contributed by atoms with Crippen molar-refractivity contribution >= 4 is 17.5 Å². The second-order valence-electron chi connectivity index (χ2n) is 4.81. The van der Waals surface area contributed by atoms with Crippen LogP contribution in [0.1, 0.15) is 43.1 Å². The molecule has 1 aromatic heterocycles. The third-order valence-electron chi connectivity index (χ3n) is 3.54. The van der Waals surface area contributed by atoms with Gasteiger partial charge in [0.2, 0.25) is 0 Å². The second-order valence-corrected chi connectivity index (χ2v) is 5.21. The van der Waals surface area contributed by atoms with Crippen molar-refractivity contribution in [1.82, 2.24) is 15.1 Å². The standard InChI is InChI=1S/C12H18ClN3O/c1-8-5-3-4-6-10(8)15-12(17)11-9(13)7-14-16(11)2/h7-8,10H,3-6H2,1-2H3,(H,15,17)/t8-,10+/m1/s1. The van der Waals surface area contributed by atoms with Crippen LogP contribution >= 0.6 is 11.6 Å². The number of nitrogens with zero attached hydrogens (tertiary/aromatic N) is 2. The van der Waals surface area contributed by atoms with Gasteiger partial charge in [-0.2, -0.15) is 5.10 Å². The molecule has 0 spiro atoms. The van der Waals surface area contributed by atoms with Crippen LogP contribution in [0, 0.1) is 5.92 Å². The van der Waals surface area contributed by atoms with Gasteiger partial charge >= 0.3 is 0 Å². The molecule has 0 aromatic carbocycles. The van der Waals surface area contributed by atoms with Gasteiger partial charge in [0, 0.05) is 13.1 Å². The average Bonchev–Trinajstić information content (AvgIpc) is 2.62. The molecule has 0 radical (unpaired) electrons. The molecule has 1 fully saturated rings. The smallest absolute Gasteiger partial charge is 0.271 e. The highest BCUT2D eigenvalue weighted by Crippen LogP contribution is 2.24.